The molecule has 0 bridgehead atoms. The fraction of sp³-hybridized carbons (Fsp3) is 0.357. The Morgan fingerprint density at radius 3 is 2.83 bits per heavy atom. The summed E-state index contributed by atoms with van der Waals surface area (Å²) in [5, 5.41) is 6.11. The van der Waals surface area contributed by atoms with Crippen molar-refractivity contribution in [3.8, 4) is 0 Å². The smallest absolute Gasteiger partial charge is 0.138 e. The molecule has 2 rings (SSSR count). The van der Waals surface area contributed by atoms with Crippen LogP contribution in [0, 0.1) is 13.8 Å². The predicted octanol–water partition coefficient (Wildman–Crippen LogP) is 3.54. The molecule has 0 saturated carbocycles. The molecule has 2 aromatic heterocycles. The fourth-order valence-corrected chi connectivity index (χ4v) is 2.69. The maximum absolute atomic E-state index is 5.21. The first-order valence-corrected chi connectivity index (χ1v) is 6.86. The molecule has 0 aliphatic rings. The molecule has 0 radical (unpaired) electrons. The zero-order valence-electron chi connectivity index (χ0n) is 10.8. The minimum Gasteiger partial charge on any atom is -0.361 e. The van der Waals surface area contributed by atoms with Gasteiger partial charge in [0, 0.05) is 30.1 Å². The van der Waals surface area contributed by atoms with Crippen molar-refractivity contribution in [3.63, 3.8) is 0 Å². The van der Waals surface area contributed by atoms with E-state index in [1.165, 1.54) is 10.4 Å². The standard InChI is InChI=1S/C14H18N2OS/c1-4-7-16(9-13-6-5-8-18-13)10-14-11(2)15-17-12(14)3/h4-6,8H,1,7,9-10H2,2-3H3. The van der Waals surface area contributed by atoms with Crippen LogP contribution in [0.4, 0.5) is 0 Å². The number of hydrogen-bond acceptors (Lipinski definition) is 4. The van der Waals surface area contributed by atoms with E-state index in [0.29, 0.717) is 0 Å². The number of aryl methyl sites for hydroxylation is 2. The second kappa shape index (κ2) is 5.98. The Morgan fingerprint density at radius 2 is 2.28 bits per heavy atom. The van der Waals surface area contributed by atoms with E-state index in [-0.39, 0.29) is 0 Å². The number of thiophene rings is 1. The third-order valence-electron chi connectivity index (χ3n) is 2.91. The number of nitrogens with zero attached hydrogens (tertiary/aromatic N) is 2. The van der Waals surface area contributed by atoms with Crippen LogP contribution in [0.25, 0.3) is 0 Å². The molecular weight excluding hydrogens is 244 g/mol. The maximum atomic E-state index is 5.21. The Labute approximate surface area is 112 Å². The predicted molar refractivity (Wildman–Crippen MR) is 74.6 cm³/mol. The zero-order valence-corrected chi connectivity index (χ0v) is 11.7. The van der Waals surface area contributed by atoms with E-state index in [4.69, 9.17) is 4.52 Å². The van der Waals surface area contributed by atoms with Gasteiger partial charge in [0.15, 0.2) is 0 Å². The summed E-state index contributed by atoms with van der Waals surface area (Å²) in [7, 11) is 0. The quantitative estimate of drug-likeness (QED) is 0.746. The van der Waals surface area contributed by atoms with E-state index in [1.54, 1.807) is 11.3 Å². The Balaban J connectivity index is 2.08. The van der Waals surface area contributed by atoms with Gasteiger partial charge in [0.1, 0.15) is 5.76 Å². The third-order valence-corrected chi connectivity index (χ3v) is 3.77. The van der Waals surface area contributed by atoms with Crippen LogP contribution in [-0.4, -0.2) is 16.6 Å². The summed E-state index contributed by atoms with van der Waals surface area (Å²) in [6.45, 7) is 10.4. The first-order chi connectivity index (χ1) is 8.70. The van der Waals surface area contributed by atoms with Crippen LogP contribution in [-0.2, 0) is 13.1 Å². The lowest BCUT2D eigenvalue weighted by atomic mass is 10.2. The molecule has 0 aliphatic heterocycles. The first-order valence-electron chi connectivity index (χ1n) is 5.98. The second-order valence-electron chi connectivity index (χ2n) is 4.34. The van der Waals surface area contributed by atoms with Crippen molar-refractivity contribution in [2.45, 2.75) is 26.9 Å². The van der Waals surface area contributed by atoms with Gasteiger partial charge >= 0.3 is 0 Å². The lowest BCUT2D eigenvalue weighted by Crippen LogP contribution is -2.22. The van der Waals surface area contributed by atoms with Crippen LogP contribution in [0.15, 0.2) is 34.7 Å². The number of hydrogen-bond donors (Lipinski definition) is 0. The van der Waals surface area contributed by atoms with Crippen molar-refractivity contribution in [1.29, 1.82) is 0 Å². The van der Waals surface area contributed by atoms with Crippen molar-refractivity contribution in [2.75, 3.05) is 6.54 Å². The first kappa shape index (κ1) is 13.1. The zero-order chi connectivity index (χ0) is 13.0. The highest BCUT2D eigenvalue weighted by Gasteiger charge is 2.13. The largest absolute Gasteiger partial charge is 0.361 e. The number of aromatic nitrogens is 1. The van der Waals surface area contributed by atoms with Gasteiger partial charge in [-0.1, -0.05) is 17.3 Å². The molecule has 0 amide bonds. The van der Waals surface area contributed by atoms with E-state index >= 15 is 0 Å². The molecule has 2 heterocycles. The second-order valence-corrected chi connectivity index (χ2v) is 5.37. The van der Waals surface area contributed by atoms with Crippen molar-refractivity contribution in [1.82, 2.24) is 10.1 Å². The molecule has 3 nitrogen and oxygen atoms in total. The van der Waals surface area contributed by atoms with Crippen molar-refractivity contribution in [2.24, 2.45) is 0 Å². The molecule has 2 aromatic rings. The average molecular weight is 262 g/mol. The molecule has 0 aliphatic carbocycles. The van der Waals surface area contributed by atoms with Gasteiger partial charge in [-0.25, -0.2) is 0 Å². The monoisotopic (exact) mass is 262 g/mol. The highest BCUT2D eigenvalue weighted by molar-refractivity contribution is 7.09. The fourth-order valence-electron chi connectivity index (χ4n) is 1.94. The highest BCUT2D eigenvalue weighted by Crippen LogP contribution is 2.18. The summed E-state index contributed by atoms with van der Waals surface area (Å²) >= 11 is 1.78. The van der Waals surface area contributed by atoms with Crippen molar-refractivity contribution >= 4 is 11.3 Å². The van der Waals surface area contributed by atoms with Gasteiger partial charge in [-0.2, -0.15) is 0 Å². The molecule has 0 unspecified atom stereocenters. The van der Waals surface area contributed by atoms with E-state index in [1.807, 2.05) is 19.9 Å². The molecule has 0 saturated heterocycles. The van der Waals surface area contributed by atoms with Crippen molar-refractivity contribution in [3.05, 3.63) is 52.1 Å². The van der Waals surface area contributed by atoms with Crippen LogP contribution in [0.5, 0.6) is 0 Å². The molecule has 18 heavy (non-hydrogen) atoms. The summed E-state index contributed by atoms with van der Waals surface area (Å²) in [5.74, 6) is 0.910. The molecule has 4 heteroatoms. The lowest BCUT2D eigenvalue weighted by molar-refractivity contribution is 0.285. The van der Waals surface area contributed by atoms with Crippen LogP contribution >= 0.6 is 11.3 Å². The Bertz CT molecular complexity index is 482. The van der Waals surface area contributed by atoms with Gasteiger partial charge in [0.25, 0.3) is 0 Å². The Hall–Kier alpha value is -1.39. The minimum atomic E-state index is 0.852. The van der Waals surface area contributed by atoms with Crippen LogP contribution in [0.1, 0.15) is 21.9 Å². The van der Waals surface area contributed by atoms with Crippen LogP contribution < -0.4 is 0 Å². The average Bonchev–Trinajstić information content (AvgIpc) is 2.94. The summed E-state index contributed by atoms with van der Waals surface area (Å²) in [4.78, 5) is 3.70. The Morgan fingerprint density at radius 1 is 1.44 bits per heavy atom. The normalized spacial score (nSPS) is 11.1. The molecule has 0 fully saturated rings. The molecule has 0 aromatic carbocycles. The summed E-state index contributed by atoms with van der Waals surface area (Å²) in [6.07, 6.45) is 1.94. The summed E-state index contributed by atoms with van der Waals surface area (Å²) < 4.78 is 5.21. The van der Waals surface area contributed by atoms with Gasteiger partial charge in [-0.05, 0) is 25.3 Å². The molecule has 0 atom stereocenters. The molecule has 0 spiro atoms. The van der Waals surface area contributed by atoms with E-state index in [0.717, 1.165) is 31.1 Å². The molecule has 96 valence electrons. The van der Waals surface area contributed by atoms with Crippen LogP contribution in [0.2, 0.25) is 0 Å². The van der Waals surface area contributed by atoms with Gasteiger partial charge in [-0.3, -0.25) is 4.90 Å². The van der Waals surface area contributed by atoms with Gasteiger partial charge in [0.05, 0.1) is 5.69 Å². The van der Waals surface area contributed by atoms with E-state index in [2.05, 4.69) is 34.1 Å². The highest BCUT2D eigenvalue weighted by atomic mass is 32.1. The third kappa shape index (κ3) is 3.09. The van der Waals surface area contributed by atoms with E-state index < -0.39 is 0 Å². The van der Waals surface area contributed by atoms with Gasteiger partial charge in [0.2, 0.25) is 0 Å². The minimum absolute atomic E-state index is 0.852. The SMILES string of the molecule is C=CCN(Cc1cccs1)Cc1c(C)noc1C. The van der Waals surface area contributed by atoms with Gasteiger partial charge < -0.3 is 4.52 Å². The molecule has 0 N–H and O–H groups in total. The summed E-state index contributed by atoms with van der Waals surface area (Å²) in [5.41, 5.74) is 2.17. The molecular formula is C14H18N2OS. The van der Waals surface area contributed by atoms with Crippen LogP contribution in [0.3, 0.4) is 0 Å². The Kier molecular flexibility index (Phi) is 4.33. The lowest BCUT2D eigenvalue weighted by Gasteiger charge is -2.19. The van der Waals surface area contributed by atoms with E-state index in [9.17, 15) is 0 Å². The van der Waals surface area contributed by atoms with Crippen molar-refractivity contribution < 1.29 is 4.52 Å². The maximum Gasteiger partial charge on any atom is 0.138 e. The number of rotatable bonds is 6. The summed E-state index contributed by atoms with van der Waals surface area (Å²) in [6, 6.07) is 4.25. The topological polar surface area (TPSA) is 29.3 Å². The van der Waals surface area contributed by atoms with Gasteiger partial charge in [-0.15, -0.1) is 17.9 Å².